The molecule has 0 rings (SSSR count). The van der Waals surface area contributed by atoms with E-state index in [0.29, 0.717) is 13.0 Å². The molecule has 0 saturated heterocycles. The van der Waals surface area contributed by atoms with Crippen molar-refractivity contribution >= 4 is 27.7 Å². The highest BCUT2D eigenvalue weighted by atomic mass is 19.5. The molecule has 0 N–H and O–H groups in total. The van der Waals surface area contributed by atoms with Crippen molar-refractivity contribution in [2.45, 2.75) is 20.3 Å². The summed E-state index contributed by atoms with van der Waals surface area (Å²) in [6, 6.07) is 0. The predicted molar refractivity (Wildman–Crippen MR) is 57.5 cm³/mol. The third kappa shape index (κ3) is 409. The second-order valence-corrected chi connectivity index (χ2v) is 2.64. The molecule has 0 bridgehead atoms. The predicted octanol–water partition coefficient (Wildman–Crippen LogP) is 4.86. The maximum atomic E-state index is 10.2. The standard InChI is InChI=1S/C5H10O2.3BF4/c1-3-5(6)7-4-2;3*2-1(3,4)5/h3-4H2,1-2H3;;;/q;3*-1. The Morgan fingerprint density at radius 2 is 0.864 bits per heavy atom. The van der Waals surface area contributed by atoms with Crippen molar-refractivity contribution in [1.82, 2.24) is 0 Å². The number of esters is 1. The molecule has 0 aromatic carbocycles. The van der Waals surface area contributed by atoms with Gasteiger partial charge in [0.05, 0.1) is 6.61 Å². The van der Waals surface area contributed by atoms with Crippen molar-refractivity contribution in [3.8, 4) is 0 Å². The van der Waals surface area contributed by atoms with E-state index in [1.807, 2.05) is 0 Å². The molecule has 0 atom stereocenters. The lowest BCUT2D eigenvalue weighted by atomic mass is 10.3. The van der Waals surface area contributed by atoms with Crippen LogP contribution in [0.2, 0.25) is 0 Å². The first-order valence-corrected chi connectivity index (χ1v) is 5.08. The van der Waals surface area contributed by atoms with Crippen molar-refractivity contribution < 1.29 is 61.3 Å². The smallest absolute Gasteiger partial charge is 0.466 e. The highest BCUT2D eigenvalue weighted by Crippen LogP contribution is 2.07. The van der Waals surface area contributed by atoms with Gasteiger partial charge in [0.25, 0.3) is 0 Å². The van der Waals surface area contributed by atoms with Gasteiger partial charge in [-0.25, -0.2) is 0 Å². The zero-order valence-electron chi connectivity index (χ0n) is 11.0. The topological polar surface area (TPSA) is 26.3 Å². The van der Waals surface area contributed by atoms with E-state index < -0.39 is 21.8 Å². The molecule has 0 aliphatic rings. The lowest BCUT2D eigenvalue weighted by Crippen LogP contribution is -2.02. The average molecular weight is 363 g/mol. The van der Waals surface area contributed by atoms with E-state index >= 15 is 0 Å². The number of hydrogen-bond donors (Lipinski definition) is 0. The molecule has 22 heavy (non-hydrogen) atoms. The first kappa shape index (κ1) is 28.9. The van der Waals surface area contributed by atoms with Gasteiger partial charge in [0.15, 0.2) is 0 Å². The van der Waals surface area contributed by atoms with E-state index in [-0.39, 0.29) is 5.97 Å². The Kier molecular flexibility index (Phi) is 17.7. The number of halogens is 12. The van der Waals surface area contributed by atoms with Gasteiger partial charge in [0.1, 0.15) is 0 Å². The van der Waals surface area contributed by atoms with E-state index in [9.17, 15) is 56.6 Å². The molecule has 0 amide bonds. The van der Waals surface area contributed by atoms with Gasteiger partial charge in [-0.1, -0.05) is 6.92 Å². The molecule has 0 aromatic rings. The molecular formula is C5H10B3F12O2-3. The monoisotopic (exact) mass is 363 g/mol. The summed E-state index contributed by atoms with van der Waals surface area (Å²) in [7, 11) is -18.0. The molecule has 0 aliphatic heterocycles. The molecule has 2 nitrogen and oxygen atoms in total. The normalized spacial score (nSPS) is 10.8. The molecule has 0 saturated carbocycles. The highest BCUT2D eigenvalue weighted by molar-refractivity contribution is 6.50. The number of rotatable bonds is 2. The van der Waals surface area contributed by atoms with Crippen LogP contribution in [0.1, 0.15) is 20.3 Å². The van der Waals surface area contributed by atoms with E-state index in [2.05, 4.69) is 4.74 Å². The van der Waals surface area contributed by atoms with Crippen LogP contribution in [-0.4, -0.2) is 34.3 Å². The highest BCUT2D eigenvalue weighted by Gasteiger charge is 2.21. The molecule has 0 spiro atoms. The Morgan fingerprint density at radius 3 is 0.909 bits per heavy atom. The minimum Gasteiger partial charge on any atom is -0.466 e. The third-order valence-corrected chi connectivity index (χ3v) is 0.594. The SMILES string of the molecule is CCOC(=O)CC.F[B-](F)(F)F.F[B-](F)(F)F.F[B-](F)(F)F. The van der Waals surface area contributed by atoms with Gasteiger partial charge in [-0.15, -0.1) is 0 Å². The number of hydrogen-bond acceptors (Lipinski definition) is 2. The first-order chi connectivity index (χ1) is 9.31. The molecule has 17 heteroatoms. The van der Waals surface area contributed by atoms with Crippen LogP contribution in [-0.2, 0) is 9.53 Å². The van der Waals surface area contributed by atoms with Crippen LogP contribution in [0.15, 0.2) is 0 Å². The molecule has 0 radical (unpaired) electrons. The summed E-state index contributed by atoms with van der Waals surface area (Å²) in [5.41, 5.74) is 0. The Labute approximate surface area is 117 Å². The summed E-state index contributed by atoms with van der Waals surface area (Å²) in [5, 5.41) is 0. The van der Waals surface area contributed by atoms with E-state index in [1.54, 1.807) is 13.8 Å². The lowest BCUT2D eigenvalue weighted by Gasteiger charge is -1.94. The van der Waals surface area contributed by atoms with Crippen molar-refractivity contribution in [2.24, 2.45) is 0 Å². The van der Waals surface area contributed by atoms with E-state index in [4.69, 9.17) is 0 Å². The van der Waals surface area contributed by atoms with E-state index in [1.165, 1.54) is 0 Å². The van der Waals surface area contributed by atoms with Crippen LogP contribution in [0.3, 0.4) is 0 Å². The molecule has 0 aliphatic carbocycles. The molecule has 0 heterocycles. The van der Waals surface area contributed by atoms with Crippen LogP contribution in [0.25, 0.3) is 0 Å². The van der Waals surface area contributed by atoms with Gasteiger partial charge < -0.3 is 56.5 Å². The Hall–Kier alpha value is -1.18. The van der Waals surface area contributed by atoms with Gasteiger partial charge in [-0.05, 0) is 6.92 Å². The summed E-state index contributed by atoms with van der Waals surface area (Å²) in [4.78, 5) is 10.2. The maximum Gasteiger partial charge on any atom is 0.673 e. The van der Waals surface area contributed by atoms with Crippen molar-refractivity contribution in [1.29, 1.82) is 0 Å². The minimum absolute atomic E-state index is 0.123. The van der Waals surface area contributed by atoms with Gasteiger partial charge in [0, 0.05) is 6.42 Å². The number of carbonyl (C=O) groups is 1. The Bertz CT molecular complexity index is 214. The number of ether oxygens (including phenoxy) is 1. The first-order valence-electron chi connectivity index (χ1n) is 5.08. The zero-order chi connectivity index (χ0) is 19.2. The van der Waals surface area contributed by atoms with E-state index in [0.717, 1.165) is 0 Å². The van der Waals surface area contributed by atoms with Crippen molar-refractivity contribution in [2.75, 3.05) is 6.61 Å². The summed E-state index contributed by atoms with van der Waals surface area (Å²) in [5.74, 6) is -0.123. The molecular weight excluding hydrogens is 352 g/mol. The third-order valence-electron chi connectivity index (χ3n) is 0.594. The van der Waals surface area contributed by atoms with Crippen LogP contribution in [0, 0.1) is 0 Å². The van der Waals surface area contributed by atoms with Gasteiger partial charge >= 0.3 is 27.7 Å². The molecule has 0 aromatic heterocycles. The lowest BCUT2D eigenvalue weighted by molar-refractivity contribution is -0.142. The van der Waals surface area contributed by atoms with Crippen molar-refractivity contribution in [3.05, 3.63) is 0 Å². The largest absolute Gasteiger partial charge is 0.673 e. The zero-order valence-corrected chi connectivity index (χ0v) is 11.0. The second kappa shape index (κ2) is 13.5. The summed E-state index contributed by atoms with van der Waals surface area (Å²) in [6.45, 7) is 4.07. The van der Waals surface area contributed by atoms with Crippen LogP contribution < -0.4 is 0 Å². The molecule has 0 fully saturated rings. The number of carbonyl (C=O) groups excluding carboxylic acids is 1. The fourth-order valence-electron chi connectivity index (χ4n) is 0.263. The Morgan fingerprint density at radius 1 is 0.682 bits per heavy atom. The fourth-order valence-corrected chi connectivity index (χ4v) is 0.263. The average Bonchev–Trinajstić information content (AvgIpc) is 2.09. The minimum atomic E-state index is -6.00. The fraction of sp³-hybridized carbons (Fsp3) is 0.800. The summed E-state index contributed by atoms with van der Waals surface area (Å²) in [6.07, 6.45) is 0.480. The van der Waals surface area contributed by atoms with Crippen LogP contribution >= 0.6 is 0 Å². The second-order valence-electron chi connectivity index (χ2n) is 2.64. The molecule has 138 valence electrons. The Balaban J connectivity index is -0.0000000995. The van der Waals surface area contributed by atoms with Crippen LogP contribution in [0.4, 0.5) is 51.8 Å². The summed E-state index contributed by atoms with van der Waals surface area (Å²) >= 11 is 0. The van der Waals surface area contributed by atoms with Crippen molar-refractivity contribution in [3.63, 3.8) is 0 Å². The molecule has 0 unspecified atom stereocenters. The van der Waals surface area contributed by atoms with Crippen LogP contribution in [0.5, 0.6) is 0 Å². The van der Waals surface area contributed by atoms with Gasteiger partial charge in [-0.3, -0.25) is 4.79 Å². The quantitative estimate of drug-likeness (QED) is 0.398. The maximum absolute atomic E-state index is 10.2. The summed E-state index contributed by atoms with van der Waals surface area (Å²) < 4.78 is 122. The van der Waals surface area contributed by atoms with Gasteiger partial charge in [0.2, 0.25) is 0 Å². The van der Waals surface area contributed by atoms with Gasteiger partial charge in [-0.2, -0.15) is 0 Å².